The Hall–Kier alpha value is -3.66. The third kappa shape index (κ3) is 3.94. The second kappa shape index (κ2) is 8.60. The summed E-state index contributed by atoms with van der Waals surface area (Å²) < 4.78 is 45.8. The molecule has 0 saturated carbocycles. The topological polar surface area (TPSA) is 99.9 Å². The molecule has 0 spiro atoms. The number of rotatable bonds is 5. The van der Waals surface area contributed by atoms with Gasteiger partial charge in [-0.3, -0.25) is 13.9 Å². The van der Waals surface area contributed by atoms with Gasteiger partial charge in [0.05, 0.1) is 23.5 Å². The maximum atomic E-state index is 13.5. The van der Waals surface area contributed by atoms with Crippen molar-refractivity contribution in [1.29, 1.82) is 0 Å². The molecule has 1 aliphatic rings. The number of anilines is 1. The number of nitrogens with one attached hydrogen (secondary N) is 1. The monoisotopic (exact) mass is 485 g/mol. The van der Waals surface area contributed by atoms with Crippen molar-refractivity contribution in [2.24, 2.45) is 0 Å². The molecule has 2 aromatic carbocycles. The van der Waals surface area contributed by atoms with E-state index in [1.54, 1.807) is 19.1 Å². The lowest BCUT2D eigenvalue weighted by atomic mass is 9.99. The van der Waals surface area contributed by atoms with Crippen molar-refractivity contribution in [2.75, 3.05) is 30.7 Å². The fourth-order valence-corrected chi connectivity index (χ4v) is 5.09. The quantitative estimate of drug-likeness (QED) is 0.558. The van der Waals surface area contributed by atoms with Gasteiger partial charge in [0.2, 0.25) is 15.9 Å². The standard InChI is InChI=1S/C24H24FN3O5S/c1-5-10-27-14(2)17-11-18-20(12-19(17)28(13-21(27)29)34(4,31)32)33-23(22(18)24(30)26-3)15-6-8-16(25)9-7-15/h5-9,11-12,14H,1,10,13H2,2-4H3,(H,26,30). The third-order valence-corrected chi connectivity index (χ3v) is 7.04. The van der Waals surface area contributed by atoms with Crippen LogP contribution in [0.2, 0.25) is 0 Å². The molecule has 178 valence electrons. The Kier molecular flexibility index (Phi) is 5.94. The van der Waals surface area contributed by atoms with Crippen molar-refractivity contribution in [3.63, 3.8) is 0 Å². The summed E-state index contributed by atoms with van der Waals surface area (Å²) in [5.41, 5.74) is 1.83. The van der Waals surface area contributed by atoms with E-state index in [0.717, 1.165) is 10.6 Å². The molecule has 1 aromatic heterocycles. The Morgan fingerprint density at radius 1 is 1.29 bits per heavy atom. The molecule has 1 atom stereocenters. The van der Waals surface area contributed by atoms with Gasteiger partial charge in [-0.05, 0) is 42.8 Å². The highest BCUT2D eigenvalue weighted by Crippen LogP contribution is 2.42. The molecule has 2 amide bonds. The van der Waals surface area contributed by atoms with Crippen molar-refractivity contribution >= 4 is 38.5 Å². The molecule has 0 radical (unpaired) electrons. The summed E-state index contributed by atoms with van der Waals surface area (Å²) in [5.74, 6) is -0.993. The molecule has 0 fully saturated rings. The molecular weight excluding hydrogens is 461 g/mol. The molecule has 2 heterocycles. The predicted octanol–water partition coefficient (Wildman–Crippen LogP) is 3.45. The van der Waals surface area contributed by atoms with Gasteiger partial charge >= 0.3 is 0 Å². The van der Waals surface area contributed by atoms with Crippen LogP contribution in [0, 0.1) is 5.82 Å². The van der Waals surface area contributed by atoms with E-state index in [1.807, 2.05) is 0 Å². The molecule has 0 saturated heterocycles. The highest BCUT2D eigenvalue weighted by molar-refractivity contribution is 7.92. The maximum absolute atomic E-state index is 13.5. The van der Waals surface area contributed by atoms with E-state index in [2.05, 4.69) is 11.9 Å². The number of furan rings is 1. The van der Waals surface area contributed by atoms with Gasteiger partial charge in [-0.2, -0.15) is 0 Å². The summed E-state index contributed by atoms with van der Waals surface area (Å²) in [7, 11) is -2.33. The molecule has 10 heteroatoms. The largest absolute Gasteiger partial charge is 0.455 e. The minimum absolute atomic E-state index is 0.226. The minimum atomic E-state index is -3.81. The zero-order valence-corrected chi connectivity index (χ0v) is 19.8. The van der Waals surface area contributed by atoms with Crippen LogP contribution in [0.3, 0.4) is 0 Å². The van der Waals surface area contributed by atoms with E-state index >= 15 is 0 Å². The van der Waals surface area contributed by atoms with Gasteiger partial charge in [0, 0.05) is 30.6 Å². The Bertz CT molecular complexity index is 1410. The Labute approximate surface area is 196 Å². The number of hydrogen-bond acceptors (Lipinski definition) is 5. The van der Waals surface area contributed by atoms with E-state index in [0.29, 0.717) is 22.2 Å². The molecule has 3 aromatic rings. The molecule has 1 unspecified atom stereocenters. The van der Waals surface area contributed by atoms with Crippen molar-refractivity contribution in [3.8, 4) is 11.3 Å². The maximum Gasteiger partial charge on any atom is 0.255 e. The van der Waals surface area contributed by atoms with Gasteiger partial charge in [-0.1, -0.05) is 6.08 Å². The lowest BCUT2D eigenvalue weighted by Crippen LogP contribution is -2.40. The Morgan fingerprint density at radius 2 is 1.97 bits per heavy atom. The molecule has 8 nitrogen and oxygen atoms in total. The first kappa shape index (κ1) is 23.5. The van der Waals surface area contributed by atoms with Crippen LogP contribution < -0.4 is 9.62 Å². The van der Waals surface area contributed by atoms with E-state index in [9.17, 15) is 22.4 Å². The van der Waals surface area contributed by atoms with E-state index in [1.165, 1.54) is 42.3 Å². The number of nitrogens with zero attached hydrogens (tertiary/aromatic N) is 2. The predicted molar refractivity (Wildman–Crippen MR) is 128 cm³/mol. The number of carbonyl (C=O) groups excluding carboxylic acids is 2. The van der Waals surface area contributed by atoms with Gasteiger partial charge in [0.25, 0.3) is 5.91 Å². The smallest absolute Gasteiger partial charge is 0.255 e. The molecule has 4 rings (SSSR count). The molecular formula is C24H24FN3O5S. The molecule has 0 bridgehead atoms. The van der Waals surface area contributed by atoms with E-state index in [4.69, 9.17) is 4.42 Å². The number of hydrogen-bond donors (Lipinski definition) is 1. The van der Waals surface area contributed by atoms with Crippen LogP contribution in [0.4, 0.5) is 10.1 Å². The molecule has 34 heavy (non-hydrogen) atoms. The fraction of sp³-hybridized carbons (Fsp3) is 0.250. The highest BCUT2D eigenvalue weighted by atomic mass is 32.2. The van der Waals surface area contributed by atoms with Crippen molar-refractivity contribution in [1.82, 2.24) is 10.2 Å². The number of benzene rings is 2. The summed E-state index contributed by atoms with van der Waals surface area (Å²) in [6, 6.07) is 8.24. The zero-order valence-electron chi connectivity index (χ0n) is 19.0. The first-order valence-electron chi connectivity index (χ1n) is 10.5. The third-order valence-electron chi connectivity index (χ3n) is 5.91. The van der Waals surface area contributed by atoms with Crippen LogP contribution in [0.5, 0.6) is 0 Å². The van der Waals surface area contributed by atoms with Gasteiger partial charge in [0.1, 0.15) is 23.7 Å². The second-order valence-corrected chi connectivity index (χ2v) is 9.99. The average molecular weight is 486 g/mol. The van der Waals surface area contributed by atoms with Crippen molar-refractivity contribution in [2.45, 2.75) is 13.0 Å². The second-order valence-electron chi connectivity index (χ2n) is 8.08. The van der Waals surface area contributed by atoms with Gasteiger partial charge in [-0.15, -0.1) is 6.58 Å². The summed E-state index contributed by atoms with van der Waals surface area (Å²) in [6.07, 6.45) is 2.60. The number of halogens is 1. The molecule has 0 aliphatic carbocycles. The first-order valence-corrected chi connectivity index (χ1v) is 12.4. The van der Waals surface area contributed by atoms with Crippen LogP contribution in [0.1, 0.15) is 28.9 Å². The fourth-order valence-electron chi connectivity index (χ4n) is 4.23. The van der Waals surface area contributed by atoms with Crippen LogP contribution in [0.25, 0.3) is 22.3 Å². The van der Waals surface area contributed by atoms with Crippen molar-refractivity contribution < 1.29 is 26.8 Å². The number of fused-ring (bicyclic) bond motifs is 2. The van der Waals surface area contributed by atoms with Crippen LogP contribution in [-0.4, -0.2) is 51.5 Å². The summed E-state index contributed by atoms with van der Waals surface area (Å²) in [4.78, 5) is 27.3. The van der Waals surface area contributed by atoms with Gasteiger partial charge in [-0.25, -0.2) is 12.8 Å². The molecule has 1 aliphatic heterocycles. The van der Waals surface area contributed by atoms with E-state index in [-0.39, 0.29) is 35.9 Å². The lowest BCUT2D eigenvalue weighted by molar-refractivity contribution is -0.130. The van der Waals surface area contributed by atoms with Crippen LogP contribution >= 0.6 is 0 Å². The zero-order chi connectivity index (χ0) is 24.8. The van der Waals surface area contributed by atoms with E-state index < -0.39 is 27.8 Å². The summed E-state index contributed by atoms with van der Waals surface area (Å²) in [6.45, 7) is 5.34. The SMILES string of the molecule is C=CCN1C(=O)CN(S(C)(=O)=O)c2cc3oc(-c4ccc(F)cc4)c(C(=O)NC)c3cc2C1C. The number of carbonyl (C=O) groups is 2. The Morgan fingerprint density at radius 3 is 2.56 bits per heavy atom. The average Bonchev–Trinajstić information content (AvgIpc) is 3.12. The summed E-state index contributed by atoms with van der Waals surface area (Å²) in [5, 5.41) is 3.05. The highest BCUT2D eigenvalue weighted by Gasteiger charge is 2.35. The lowest BCUT2D eigenvalue weighted by Gasteiger charge is -2.26. The van der Waals surface area contributed by atoms with Crippen LogP contribution in [-0.2, 0) is 14.8 Å². The Balaban J connectivity index is 2.05. The minimum Gasteiger partial charge on any atom is -0.455 e. The van der Waals surface area contributed by atoms with Gasteiger partial charge < -0.3 is 14.6 Å². The molecule has 1 N–H and O–H groups in total. The number of amides is 2. The van der Waals surface area contributed by atoms with Crippen molar-refractivity contribution in [3.05, 3.63) is 66.0 Å². The van der Waals surface area contributed by atoms with Gasteiger partial charge in [0.15, 0.2) is 0 Å². The first-order chi connectivity index (χ1) is 16.1. The number of sulfonamides is 1. The normalized spacial score (nSPS) is 16.4. The van der Waals surface area contributed by atoms with Crippen LogP contribution in [0.15, 0.2) is 53.5 Å². The summed E-state index contributed by atoms with van der Waals surface area (Å²) >= 11 is 0.